The number of rotatable bonds is 4. The molecule has 0 saturated carbocycles. The Morgan fingerprint density at radius 2 is 1.85 bits per heavy atom. The molecule has 3 aromatic rings. The third-order valence-corrected chi connectivity index (χ3v) is 6.04. The first-order valence-electron chi connectivity index (χ1n) is 9.28. The standard InChI is InChI=1S/C23H23NO2S/c1-16-8-10-19(11-9-16)26-17(2)23(25)24-14-12-21-20(13-15-27-21)22(24)18-6-4-3-5-7-18/h3-11,13,15,17,22H,12,14H2,1-2H3/t17-,22+/m0/s1. The topological polar surface area (TPSA) is 29.5 Å². The highest BCUT2D eigenvalue weighted by Gasteiger charge is 2.35. The summed E-state index contributed by atoms with van der Waals surface area (Å²) in [6.07, 6.45) is 0.374. The molecule has 0 bridgehead atoms. The molecular weight excluding hydrogens is 354 g/mol. The Morgan fingerprint density at radius 1 is 1.11 bits per heavy atom. The number of carbonyl (C=O) groups excluding carboxylic acids is 1. The Balaban J connectivity index is 1.60. The van der Waals surface area contributed by atoms with Crippen LogP contribution < -0.4 is 4.74 Å². The van der Waals surface area contributed by atoms with Crippen molar-refractivity contribution in [2.24, 2.45) is 0 Å². The van der Waals surface area contributed by atoms with Gasteiger partial charge in [-0.1, -0.05) is 48.0 Å². The average molecular weight is 378 g/mol. The number of nitrogens with zero attached hydrogens (tertiary/aromatic N) is 1. The maximum Gasteiger partial charge on any atom is 0.264 e. The van der Waals surface area contributed by atoms with Crippen LogP contribution in [-0.4, -0.2) is 23.5 Å². The van der Waals surface area contributed by atoms with E-state index < -0.39 is 6.10 Å². The van der Waals surface area contributed by atoms with Crippen molar-refractivity contribution in [2.45, 2.75) is 32.4 Å². The van der Waals surface area contributed by atoms with Crippen LogP contribution in [0.25, 0.3) is 0 Å². The van der Waals surface area contributed by atoms with Crippen LogP contribution >= 0.6 is 11.3 Å². The van der Waals surface area contributed by atoms with Gasteiger partial charge in [-0.3, -0.25) is 4.79 Å². The van der Waals surface area contributed by atoms with Crippen LogP contribution in [0.15, 0.2) is 66.0 Å². The van der Waals surface area contributed by atoms with Crippen molar-refractivity contribution >= 4 is 17.2 Å². The summed E-state index contributed by atoms with van der Waals surface area (Å²) >= 11 is 1.78. The lowest BCUT2D eigenvalue weighted by molar-refractivity contribution is -0.140. The largest absolute Gasteiger partial charge is 0.481 e. The zero-order chi connectivity index (χ0) is 18.8. The lowest BCUT2D eigenvalue weighted by atomic mass is 9.93. The number of carbonyl (C=O) groups is 1. The molecule has 27 heavy (non-hydrogen) atoms. The molecular formula is C23H23NO2S. The number of benzene rings is 2. The first-order chi connectivity index (χ1) is 13.1. The van der Waals surface area contributed by atoms with E-state index in [0.717, 1.165) is 17.7 Å². The second kappa shape index (κ2) is 7.57. The number of fused-ring (bicyclic) bond motifs is 1. The molecule has 4 heteroatoms. The van der Waals surface area contributed by atoms with E-state index in [-0.39, 0.29) is 11.9 Å². The third kappa shape index (κ3) is 3.62. The van der Waals surface area contributed by atoms with Crippen LogP contribution in [0.4, 0.5) is 0 Å². The highest BCUT2D eigenvalue weighted by Crippen LogP contribution is 2.38. The molecule has 0 N–H and O–H groups in total. The zero-order valence-electron chi connectivity index (χ0n) is 15.6. The summed E-state index contributed by atoms with van der Waals surface area (Å²) in [6, 6.07) is 20.2. The Kier molecular flexibility index (Phi) is 4.99. The molecule has 0 saturated heterocycles. The van der Waals surface area contributed by atoms with Gasteiger partial charge in [0.2, 0.25) is 0 Å². The Morgan fingerprint density at radius 3 is 2.59 bits per heavy atom. The molecule has 1 aromatic heterocycles. The van der Waals surface area contributed by atoms with Crippen LogP contribution in [0, 0.1) is 6.92 Å². The van der Waals surface area contributed by atoms with E-state index in [1.807, 2.05) is 61.2 Å². The summed E-state index contributed by atoms with van der Waals surface area (Å²) in [5.74, 6) is 0.757. The monoisotopic (exact) mass is 377 g/mol. The van der Waals surface area contributed by atoms with Gasteiger partial charge in [-0.25, -0.2) is 0 Å². The van der Waals surface area contributed by atoms with Gasteiger partial charge < -0.3 is 9.64 Å². The minimum Gasteiger partial charge on any atom is -0.481 e. The lowest BCUT2D eigenvalue weighted by Crippen LogP contribution is -2.46. The van der Waals surface area contributed by atoms with Gasteiger partial charge in [-0.05, 0) is 55.0 Å². The number of ether oxygens (including phenoxy) is 1. The molecule has 1 amide bonds. The van der Waals surface area contributed by atoms with Crippen molar-refractivity contribution in [2.75, 3.05) is 6.54 Å². The van der Waals surface area contributed by atoms with E-state index in [0.29, 0.717) is 6.54 Å². The number of thiophene rings is 1. The SMILES string of the molecule is Cc1ccc(O[C@@H](C)C(=O)N2CCc3sccc3[C@H]2c2ccccc2)cc1. The smallest absolute Gasteiger partial charge is 0.264 e. The number of amides is 1. The molecule has 138 valence electrons. The minimum absolute atomic E-state index is 0.0290. The Bertz CT molecular complexity index is 917. The summed E-state index contributed by atoms with van der Waals surface area (Å²) in [5.41, 5.74) is 3.56. The summed E-state index contributed by atoms with van der Waals surface area (Å²) in [7, 11) is 0. The van der Waals surface area contributed by atoms with Gasteiger partial charge in [0, 0.05) is 11.4 Å². The lowest BCUT2D eigenvalue weighted by Gasteiger charge is -2.37. The predicted octanol–water partition coefficient (Wildman–Crippen LogP) is 5.00. The maximum atomic E-state index is 13.3. The Labute approximate surface area is 164 Å². The molecule has 0 unspecified atom stereocenters. The van der Waals surface area contributed by atoms with E-state index in [1.165, 1.54) is 16.0 Å². The molecule has 1 aliphatic rings. The van der Waals surface area contributed by atoms with Crippen molar-refractivity contribution in [3.8, 4) is 5.75 Å². The van der Waals surface area contributed by atoms with Crippen LogP contribution in [0.5, 0.6) is 5.75 Å². The van der Waals surface area contributed by atoms with E-state index in [1.54, 1.807) is 11.3 Å². The van der Waals surface area contributed by atoms with E-state index in [2.05, 4.69) is 23.6 Å². The van der Waals surface area contributed by atoms with Crippen molar-refractivity contribution < 1.29 is 9.53 Å². The molecule has 0 spiro atoms. The highest BCUT2D eigenvalue weighted by atomic mass is 32.1. The third-order valence-electron chi connectivity index (χ3n) is 5.05. The van der Waals surface area contributed by atoms with Crippen molar-refractivity contribution in [1.29, 1.82) is 0 Å². The van der Waals surface area contributed by atoms with Crippen LogP contribution in [0.3, 0.4) is 0 Å². The van der Waals surface area contributed by atoms with Crippen molar-refractivity contribution in [3.63, 3.8) is 0 Å². The molecule has 0 aliphatic carbocycles. The second-order valence-electron chi connectivity index (χ2n) is 6.97. The summed E-state index contributed by atoms with van der Waals surface area (Å²) in [6.45, 7) is 4.59. The Hall–Kier alpha value is -2.59. The van der Waals surface area contributed by atoms with E-state index >= 15 is 0 Å². The fourth-order valence-electron chi connectivity index (χ4n) is 3.65. The second-order valence-corrected chi connectivity index (χ2v) is 7.97. The van der Waals surface area contributed by atoms with E-state index in [9.17, 15) is 4.79 Å². The van der Waals surface area contributed by atoms with Crippen LogP contribution in [0.1, 0.15) is 34.5 Å². The van der Waals surface area contributed by atoms with Gasteiger partial charge in [0.15, 0.2) is 6.10 Å². The van der Waals surface area contributed by atoms with Gasteiger partial charge in [0.25, 0.3) is 5.91 Å². The number of aryl methyl sites for hydroxylation is 1. The first kappa shape index (κ1) is 17.8. The normalized spacial score (nSPS) is 17.3. The zero-order valence-corrected chi connectivity index (χ0v) is 16.4. The van der Waals surface area contributed by atoms with Gasteiger partial charge in [-0.2, -0.15) is 0 Å². The molecule has 2 aromatic carbocycles. The fourth-order valence-corrected chi connectivity index (χ4v) is 4.56. The van der Waals surface area contributed by atoms with Gasteiger partial charge in [0.05, 0.1) is 6.04 Å². The maximum absolute atomic E-state index is 13.3. The van der Waals surface area contributed by atoms with Crippen molar-refractivity contribution in [1.82, 2.24) is 4.90 Å². The fraction of sp³-hybridized carbons (Fsp3) is 0.261. The number of hydrogen-bond donors (Lipinski definition) is 0. The van der Waals surface area contributed by atoms with Crippen LogP contribution in [-0.2, 0) is 11.2 Å². The molecule has 0 radical (unpaired) electrons. The molecule has 3 nitrogen and oxygen atoms in total. The average Bonchev–Trinajstić information content (AvgIpc) is 3.18. The van der Waals surface area contributed by atoms with Crippen molar-refractivity contribution in [3.05, 3.63) is 87.6 Å². The predicted molar refractivity (Wildman–Crippen MR) is 109 cm³/mol. The van der Waals surface area contributed by atoms with Gasteiger partial charge in [-0.15, -0.1) is 11.3 Å². The van der Waals surface area contributed by atoms with Gasteiger partial charge in [0.1, 0.15) is 5.75 Å². The van der Waals surface area contributed by atoms with Crippen LogP contribution in [0.2, 0.25) is 0 Å². The summed E-state index contributed by atoms with van der Waals surface area (Å²) in [5, 5.41) is 2.13. The minimum atomic E-state index is -0.529. The first-order valence-corrected chi connectivity index (χ1v) is 10.2. The highest BCUT2D eigenvalue weighted by molar-refractivity contribution is 7.10. The molecule has 1 aliphatic heterocycles. The number of hydrogen-bond acceptors (Lipinski definition) is 3. The van der Waals surface area contributed by atoms with E-state index in [4.69, 9.17) is 4.74 Å². The molecule has 4 rings (SSSR count). The van der Waals surface area contributed by atoms with Gasteiger partial charge >= 0.3 is 0 Å². The summed E-state index contributed by atoms with van der Waals surface area (Å²) in [4.78, 5) is 16.6. The quantitative estimate of drug-likeness (QED) is 0.640. The molecule has 2 heterocycles. The summed E-state index contributed by atoms with van der Waals surface area (Å²) < 4.78 is 5.95. The molecule has 0 fully saturated rings. The molecule has 2 atom stereocenters.